The smallest absolute Gasteiger partial charge is 0.270 e. The molecule has 7 nitrogen and oxygen atoms in total. The minimum atomic E-state index is -0.396. The summed E-state index contributed by atoms with van der Waals surface area (Å²) in [5, 5.41) is 14.9. The van der Waals surface area contributed by atoms with Gasteiger partial charge in [-0.05, 0) is 36.0 Å². The van der Waals surface area contributed by atoms with Crippen LogP contribution in [0.4, 0.5) is 5.69 Å². The third kappa shape index (κ3) is 5.42. The lowest BCUT2D eigenvalue weighted by Crippen LogP contribution is -2.28. The van der Waals surface area contributed by atoms with Crippen molar-refractivity contribution in [2.45, 2.75) is 25.2 Å². The first-order valence-electron chi connectivity index (χ1n) is 9.63. The molecule has 1 heterocycles. The predicted molar refractivity (Wildman–Crippen MR) is 112 cm³/mol. The number of rotatable bonds is 10. The van der Waals surface area contributed by atoms with Crippen LogP contribution in [0, 0.1) is 10.1 Å². The van der Waals surface area contributed by atoms with Crippen LogP contribution in [-0.2, 0) is 16.0 Å². The van der Waals surface area contributed by atoms with E-state index >= 15 is 0 Å². The normalized spacial score (nSPS) is 12.0. The molecule has 0 saturated carbocycles. The van der Waals surface area contributed by atoms with Crippen LogP contribution in [0.15, 0.2) is 54.7 Å². The molecule has 29 heavy (non-hydrogen) atoms. The Labute approximate surface area is 169 Å². The quantitative estimate of drug-likeness (QED) is 0.309. The van der Waals surface area contributed by atoms with Crippen LogP contribution in [0.2, 0.25) is 0 Å². The van der Waals surface area contributed by atoms with Crippen molar-refractivity contribution in [2.75, 3.05) is 20.3 Å². The van der Waals surface area contributed by atoms with Gasteiger partial charge in [-0.1, -0.05) is 30.3 Å². The molecule has 2 N–H and O–H groups in total. The highest BCUT2D eigenvalue weighted by Gasteiger charge is 2.21. The van der Waals surface area contributed by atoms with Gasteiger partial charge in [0.15, 0.2) is 0 Å². The van der Waals surface area contributed by atoms with Gasteiger partial charge in [-0.2, -0.15) is 0 Å². The Morgan fingerprint density at radius 2 is 2.03 bits per heavy atom. The zero-order chi connectivity index (χ0) is 20.6. The summed E-state index contributed by atoms with van der Waals surface area (Å²) in [4.78, 5) is 26.5. The second-order valence-electron chi connectivity index (χ2n) is 7.00. The summed E-state index contributed by atoms with van der Waals surface area (Å²) in [5.74, 6) is -0.117. The van der Waals surface area contributed by atoms with Crippen molar-refractivity contribution in [2.24, 2.45) is 0 Å². The monoisotopic (exact) mass is 395 g/mol. The number of aryl methyl sites for hydroxylation is 1. The number of carbonyl (C=O) groups excluding carboxylic acids is 1. The molecule has 0 spiro atoms. The van der Waals surface area contributed by atoms with Crippen LogP contribution in [0.5, 0.6) is 0 Å². The Hall–Kier alpha value is -3.19. The summed E-state index contributed by atoms with van der Waals surface area (Å²) in [7, 11) is 1.59. The second-order valence-corrected chi connectivity index (χ2v) is 7.00. The number of nitro benzene ring substituents is 1. The Bertz CT molecular complexity index is 969. The minimum Gasteiger partial charge on any atom is -0.383 e. The molecule has 0 aliphatic carbocycles. The molecule has 1 aromatic heterocycles. The lowest BCUT2D eigenvalue weighted by atomic mass is 9.89. The van der Waals surface area contributed by atoms with Gasteiger partial charge in [0.1, 0.15) is 0 Å². The third-order valence-electron chi connectivity index (χ3n) is 5.03. The number of non-ortho nitro benzene ring substituents is 1. The first kappa shape index (κ1) is 20.5. The van der Waals surface area contributed by atoms with E-state index in [-0.39, 0.29) is 17.5 Å². The molecule has 0 saturated heterocycles. The highest BCUT2D eigenvalue weighted by atomic mass is 16.6. The van der Waals surface area contributed by atoms with Gasteiger partial charge in [-0.3, -0.25) is 14.9 Å². The molecule has 3 rings (SSSR count). The van der Waals surface area contributed by atoms with Crippen LogP contribution in [-0.4, -0.2) is 36.1 Å². The summed E-state index contributed by atoms with van der Waals surface area (Å²) in [6.07, 6.45) is 3.76. The van der Waals surface area contributed by atoms with E-state index in [1.165, 1.54) is 11.6 Å². The summed E-state index contributed by atoms with van der Waals surface area (Å²) in [5.41, 5.74) is 3.00. The molecule has 1 amide bonds. The van der Waals surface area contributed by atoms with Crippen molar-refractivity contribution in [3.05, 3.63) is 76.0 Å². The fourth-order valence-corrected chi connectivity index (χ4v) is 3.52. The van der Waals surface area contributed by atoms with E-state index in [0.717, 1.165) is 29.3 Å². The topological polar surface area (TPSA) is 97.3 Å². The number of fused-ring (bicyclic) bond motifs is 1. The number of nitrogens with zero attached hydrogens (tertiary/aromatic N) is 1. The highest BCUT2D eigenvalue weighted by Crippen LogP contribution is 2.33. The molecule has 1 atom stereocenters. The van der Waals surface area contributed by atoms with Gasteiger partial charge in [0, 0.05) is 49.3 Å². The number of amides is 1. The predicted octanol–water partition coefficient (Wildman–Crippen LogP) is 3.95. The van der Waals surface area contributed by atoms with E-state index in [1.54, 1.807) is 19.2 Å². The summed E-state index contributed by atoms with van der Waals surface area (Å²) < 4.78 is 4.98. The van der Waals surface area contributed by atoms with Crippen molar-refractivity contribution >= 4 is 22.5 Å². The number of hydrogen-bond acceptors (Lipinski definition) is 4. The number of hydrogen-bond donors (Lipinski definition) is 2. The second kappa shape index (κ2) is 9.84. The standard InChI is InChI=1S/C22H25N3O4/c1-29-12-11-23-22(26)13-17(8-7-16-5-3-2-4-6-16)20-15-24-21-10-9-18(25(27)28)14-19(20)21/h2-6,9-10,14-15,17,24H,7-8,11-13H2,1H3,(H,23,26)/t17-/m0/s1. The van der Waals surface area contributed by atoms with Gasteiger partial charge in [0.05, 0.1) is 11.5 Å². The van der Waals surface area contributed by atoms with E-state index in [1.807, 2.05) is 24.4 Å². The molecule has 0 unspecified atom stereocenters. The van der Waals surface area contributed by atoms with Crippen molar-refractivity contribution in [1.29, 1.82) is 0 Å². The molecule has 0 radical (unpaired) electrons. The minimum absolute atomic E-state index is 0.0460. The van der Waals surface area contributed by atoms with Gasteiger partial charge >= 0.3 is 0 Å². The third-order valence-corrected chi connectivity index (χ3v) is 5.03. The van der Waals surface area contributed by atoms with Crippen LogP contribution in [0.1, 0.15) is 29.9 Å². The van der Waals surface area contributed by atoms with Crippen molar-refractivity contribution < 1.29 is 14.5 Å². The average molecular weight is 395 g/mol. The molecule has 0 aliphatic heterocycles. The number of aromatic amines is 1. The molecule has 0 aliphatic rings. The molecule has 7 heteroatoms. The van der Waals surface area contributed by atoms with Crippen LogP contribution in [0.3, 0.4) is 0 Å². The first-order chi connectivity index (χ1) is 14.1. The highest BCUT2D eigenvalue weighted by molar-refractivity contribution is 5.87. The van der Waals surface area contributed by atoms with Crippen molar-refractivity contribution in [3.63, 3.8) is 0 Å². The molecular weight excluding hydrogens is 370 g/mol. The zero-order valence-electron chi connectivity index (χ0n) is 16.4. The molecule has 3 aromatic rings. The lowest BCUT2D eigenvalue weighted by molar-refractivity contribution is -0.384. The van der Waals surface area contributed by atoms with Gasteiger partial charge in [0.2, 0.25) is 5.91 Å². The summed E-state index contributed by atoms with van der Waals surface area (Å²) in [6, 6.07) is 14.9. The van der Waals surface area contributed by atoms with E-state index in [2.05, 4.69) is 22.4 Å². The average Bonchev–Trinajstić information content (AvgIpc) is 3.15. The lowest BCUT2D eigenvalue weighted by Gasteiger charge is -2.17. The number of nitro groups is 1. The van der Waals surface area contributed by atoms with Gasteiger partial charge < -0.3 is 15.0 Å². The first-order valence-corrected chi connectivity index (χ1v) is 9.63. The maximum atomic E-state index is 12.5. The van der Waals surface area contributed by atoms with E-state index in [9.17, 15) is 14.9 Å². The number of benzene rings is 2. The molecule has 2 aromatic carbocycles. The molecule has 152 valence electrons. The molecular formula is C22H25N3O4. The number of aromatic nitrogens is 1. The molecule has 0 bridgehead atoms. The number of nitrogens with one attached hydrogen (secondary N) is 2. The van der Waals surface area contributed by atoms with Crippen molar-refractivity contribution in [1.82, 2.24) is 10.3 Å². The number of methoxy groups -OCH3 is 1. The summed E-state index contributed by atoms with van der Waals surface area (Å²) >= 11 is 0. The number of carbonyl (C=O) groups is 1. The Balaban J connectivity index is 1.85. The maximum Gasteiger partial charge on any atom is 0.270 e. The van der Waals surface area contributed by atoms with Gasteiger partial charge in [0.25, 0.3) is 5.69 Å². The molecule has 0 fully saturated rings. The van der Waals surface area contributed by atoms with Crippen LogP contribution >= 0.6 is 0 Å². The van der Waals surface area contributed by atoms with Crippen LogP contribution < -0.4 is 5.32 Å². The van der Waals surface area contributed by atoms with Gasteiger partial charge in [-0.25, -0.2) is 0 Å². The fourth-order valence-electron chi connectivity index (χ4n) is 3.52. The zero-order valence-corrected chi connectivity index (χ0v) is 16.4. The fraction of sp³-hybridized carbons (Fsp3) is 0.318. The van der Waals surface area contributed by atoms with Crippen LogP contribution in [0.25, 0.3) is 10.9 Å². The Morgan fingerprint density at radius 3 is 2.76 bits per heavy atom. The van der Waals surface area contributed by atoms with Crippen molar-refractivity contribution in [3.8, 4) is 0 Å². The maximum absolute atomic E-state index is 12.5. The number of H-pyrrole nitrogens is 1. The largest absolute Gasteiger partial charge is 0.383 e. The van der Waals surface area contributed by atoms with E-state index in [0.29, 0.717) is 19.6 Å². The van der Waals surface area contributed by atoms with E-state index < -0.39 is 4.92 Å². The summed E-state index contributed by atoms with van der Waals surface area (Å²) in [6.45, 7) is 0.916. The van der Waals surface area contributed by atoms with E-state index in [4.69, 9.17) is 4.74 Å². The number of ether oxygens (including phenoxy) is 1. The van der Waals surface area contributed by atoms with Gasteiger partial charge in [-0.15, -0.1) is 0 Å². The Kier molecular flexibility index (Phi) is 6.97. The Morgan fingerprint density at radius 1 is 1.24 bits per heavy atom. The SMILES string of the molecule is COCCNC(=O)C[C@H](CCc1ccccc1)c1c[nH]c2ccc([N+](=O)[O-])cc12.